The molecule has 0 unspecified atom stereocenters. The summed E-state index contributed by atoms with van der Waals surface area (Å²) in [5.74, 6) is 0.163. The maximum atomic E-state index is 13.4. The summed E-state index contributed by atoms with van der Waals surface area (Å²) in [6, 6.07) is 4.44. The van der Waals surface area contributed by atoms with Crippen molar-refractivity contribution in [3.05, 3.63) is 29.6 Å². The lowest BCUT2D eigenvalue weighted by Gasteiger charge is -2.44. The van der Waals surface area contributed by atoms with E-state index in [0.717, 1.165) is 38.5 Å². The van der Waals surface area contributed by atoms with Gasteiger partial charge < -0.3 is 20.1 Å². The minimum atomic E-state index is -1.42. The first-order chi connectivity index (χ1) is 12.8. The number of hydrogen-bond acceptors (Lipinski definition) is 5. The van der Waals surface area contributed by atoms with Crippen molar-refractivity contribution in [2.75, 3.05) is 26.2 Å². The second-order valence-corrected chi connectivity index (χ2v) is 8.46. The van der Waals surface area contributed by atoms with Gasteiger partial charge in [-0.15, -0.1) is 0 Å². The highest BCUT2D eigenvalue weighted by molar-refractivity contribution is 5.29. The molecule has 0 bridgehead atoms. The predicted molar refractivity (Wildman–Crippen MR) is 101 cm³/mol. The van der Waals surface area contributed by atoms with Crippen LogP contribution in [0.4, 0.5) is 4.39 Å². The number of benzene rings is 1. The number of β-amino-alcohol motifs (C(OH)–C–C–N with tert-alkyl or cyclic N) is 2. The van der Waals surface area contributed by atoms with Gasteiger partial charge in [0.2, 0.25) is 0 Å². The van der Waals surface area contributed by atoms with Crippen LogP contribution in [0.2, 0.25) is 0 Å². The van der Waals surface area contributed by atoms with Crippen molar-refractivity contribution in [1.82, 2.24) is 4.90 Å². The molecule has 2 atom stereocenters. The van der Waals surface area contributed by atoms with E-state index >= 15 is 0 Å². The Bertz CT molecular complexity index is 633. The first-order valence-corrected chi connectivity index (χ1v) is 10.0. The van der Waals surface area contributed by atoms with Crippen LogP contribution in [0.3, 0.4) is 0 Å². The molecule has 1 aromatic rings. The quantitative estimate of drug-likeness (QED) is 0.683. The zero-order valence-electron chi connectivity index (χ0n) is 16.2. The van der Waals surface area contributed by atoms with Gasteiger partial charge in [0, 0.05) is 19.6 Å². The lowest BCUT2D eigenvalue weighted by molar-refractivity contribution is -0.148. The van der Waals surface area contributed by atoms with E-state index in [-0.39, 0.29) is 19.0 Å². The minimum Gasteiger partial charge on any atom is -0.490 e. The number of aliphatic hydroxyl groups excluding tert-OH is 1. The van der Waals surface area contributed by atoms with Gasteiger partial charge in [-0.25, -0.2) is 4.39 Å². The molecule has 6 heteroatoms. The van der Waals surface area contributed by atoms with Crippen molar-refractivity contribution in [3.63, 3.8) is 0 Å². The number of nitrogens with zero attached hydrogens (tertiary/aromatic N) is 1. The van der Waals surface area contributed by atoms with E-state index in [4.69, 9.17) is 4.74 Å². The van der Waals surface area contributed by atoms with Crippen LogP contribution in [0.5, 0.6) is 5.75 Å². The highest BCUT2D eigenvalue weighted by atomic mass is 19.1. The Hall–Kier alpha value is -1.21. The molecule has 3 N–H and O–H groups in total. The van der Waals surface area contributed by atoms with Gasteiger partial charge in [0.05, 0.1) is 11.7 Å². The molecule has 0 aromatic heterocycles. The van der Waals surface area contributed by atoms with Crippen LogP contribution in [0.1, 0.15) is 50.5 Å². The summed E-state index contributed by atoms with van der Waals surface area (Å²) in [7, 11) is 0. The van der Waals surface area contributed by atoms with Crippen LogP contribution in [0.15, 0.2) is 18.2 Å². The smallest absolute Gasteiger partial charge is 0.137 e. The second kappa shape index (κ2) is 8.43. The number of ether oxygens (including phenoxy) is 1. The van der Waals surface area contributed by atoms with Gasteiger partial charge in [-0.05, 0) is 49.9 Å². The first kappa shape index (κ1) is 20.5. The summed E-state index contributed by atoms with van der Waals surface area (Å²) in [5, 5.41) is 32.3. The van der Waals surface area contributed by atoms with Crippen LogP contribution < -0.4 is 4.74 Å². The molecule has 5 nitrogen and oxygen atoms in total. The van der Waals surface area contributed by atoms with Gasteiger partial charge in [-0.3, -0.25) is 4.90 Å². The molecule has 152 valence electrons. The zero-order chi connectivity index (χ0) is 19.5. The van der Waals surface area contributed by atoms with Gasteiger partial charge in [-0.1, -0.05) is 25.7 Å². The molecular weight excluding hydrogens is 349 g/mol. The molecule has 0 amide bonds. The Labute approximate surface area is 160 Å². The number of aryl methyl sites for hydroxylation is 1. The zero-order valence-corrected chi connectivity index (χ0v) is 16.2. The molecule has 1 saturated heterocycles. The van der Waals surface area contributed by atoms with Gasteiger partial charge in [-0.2, -0.15) is 0 Å². The van der Waals surface area contributed by atoms with Crippen LogP contribution in [0.25, 0.3) is 0 Å². The fourth-order valence-corrected chi connectivity index (χ4v) is 4.30. The summed E-state index contributed by atoms with van der Waals surface area (Å²) in [4.78, 5) is 2.04. The summed E-state index contributed by atoms with van der Waals surface area (Å²) in [6.07, 6.45) is 5.50. The first-order valence-electron chi connectivity index (χ1n) is 10.0. The van der Waals surface area contributed by atoms with E-state index in [2.05, 4.69) is 0 Å². The van der Waals surface area contributed by atoms with Crippen molar-refractivity contribution < 1.29 is 24.4 Å². The fraction of sp³-hybridized carbons (Fsp3) is 0.714. The summed E-state index contributed by atoms with van der Waals surface area (Å²) in [5.41, 5.74) is -1.66. The van der Waals surface area contributed by atoms with Gasteiger partial charge in [0.1, 0.15) is 23.8 Å². The molecule has 1 heterocycles. The summed E-state index contributed by atoms with van der Waals surface area (Å²) < 4.78 is 19.1. The Balaban J connectivity index is 1.61. The Morgan fingerprint density at radius 2 is 1.89 bits per heavy atom. The van der Waals surface area contributed by atoms with Crippen LogP contribution >= 0.6 is 0 Å². The molecule has 27 heavy (non-hydrogen) atoms. The van der Waals surface area contributed by atoms with E-state index < -0.39 is 17.3 Å². The Morgan fingerprint density at radius 3 is 2.56 bits per heavy atom. The number of halogens is 1. The van der Waals surface area contributed by atoms with Crippen LogP contribution in [0, 0.1) is 12.7 Å². The molecule has 1 aromatic carbocycles. The van der Waals surface area contributed by atoms with Crippen LogP contribution in [-0.4, -0.2) is 63.8 Å². The van der Waals surface area contributed by atoms with E-state index in [1.54, 1.807) is 13.0 Å². The average molecular weight is 381 g/mol. The molecule has 1 aliphatic heterocycles. The van der Waals surface area contributed by atoms with Crippen molar-refractivity contribution in [3.8, 4) is 5.75 Å². The SMILES string of the molecule is Cc1cc(OC[C@@]2(O)CN(CC3(O)CCCCCC3)CC[C@@H]2O)ccc1F. The average Bonchev–Trinajstić information content (AvgIpc) is 2.84. The number of aliphatic hydroxyl groups is 3. The van der Waals surface area contributed by atoms with E-state index in [0.29, 0.717) is 30.8 Å². The molecule has 1 aliphatic carbocycles. The number of piperidine rings is 1. The lowest BCUT2D eigenvalue weighted by Crippen LogP contribution is -2.61. The fourth-order valence-electron chi connectivity index (χ4n) is 4.30. The molecule has 2 aliphatic rings. The maximum absolute atomic E-state index is 13.4. The van der Waals surface area contributed by atoms with Gasteiger partial charge >= 0.3 is 0 Å². The third-order valence-corrected chi connectivity index (χ3v) is 6.01. The van der Waals surface area contributed by atoms with Crippen molar-refractivity contribution >= 4 is 0 Å². The van der Waals surface area contributed by atoms with Gasteiger partial charge in [0.25, 0.3) is 0 Å². The predicted octanol–water partition coefficient (Wildman–Crippen LogP) is 2.40. The van der Waals surface area contributed by atoms with Crippen LogP contribution in [-0.2, 0) is 0 Å². The highest BCUT2D eigenvalue weighted by Gasteiger charge is 2.44. The normalized spacial score (nSPS) is 29.3. The van der Waals surface area contributed by atoms with E-state index in [1.165, 1.54) is 12.1 Å². The molecule has 0 radical (unpaired) electrons. The molecule has 0 spiro atoms. The van der Waals surface area contributed by atoms with E-state index in [1.807, 2.05) is 4.90 Å². The van der Waals surface area contributed by atoms with Crippen molar-refractivity contribution in [2.24, 2.45) is 0 Å². The highest BCUT2D eigenvalue weighted by Crippen LogP contribution is 2.31. The van der Waals surface area contributed by atoms with E-state index in [9.17, 15) is 19.7 Å². The minimum absolute atomic E-state index is 0.0752. The summed E-state index contributed by atoms with van der Waals surface area (Å²) >= 11 is 0. The Morgan fingerprint density at radius 1 is 1.19 bits per heavy atom. The van der Waals surface area contributed by atoms with Crippen molar-refractivity contribution in [1.29, 1.82) is 0 Å². The standard InChI is InChI=1S/C21H32FNO4/c1-16-12-17(6-7-18(16)22)27-15-21(26)14-23(11-8-19(21)24)13-20(25)9-4-2-3-5-10-20/h6-7,12,19,24-26H,2-5,8-11,13-15H2,1H3/t19-,21-/m0/s1. The monoisotopic (exact) mass is 381 g/mol. The van der Waals surface area contributed by atoms with Crippen molar-refractivity contribution in [2.45, 2.75) is 69.2 Å². The number of likely N-dealkylation sites (tertiary alicyclic amines) is 1. The largest absolute Gasteiger partial charge is 0.490 e. The third-order valence-electron chi connectivity index (χ3n) is 6.01. The Kier molecular flexibility index (Phi) is 6.41. The molecular formula is C21H32FNO4. The lowest BCUT2D eigenvalue weighted by atomic mass is 9.87. The molecule has 2 fully saturated rings. The molecule has 1 saturated carbocycles. The second-order valence-electron chi connectivity index (χ2n) is 8.46. The van der Waals surface area contributed by atoms with Gasteiger partial charge in [0.15, 0.2) is 0 Å². The topological polar surface area (TPSA) is 73.2 Å². The molecule has 3 rings (SSSR count). The summed E-state index contributed by atoms with van der Waals surface area (Å²) in [6.45, 7) is 2.98. The maximum Gasteiger partial charge on any atom is 0.137 e. The number of hydrogen-bond donors (Lipinski definition) is 3. The number of rotatable bonds is 5. The third kappa shape index (κ3) is 5.19.